The second-order valence-electron chi connectivity index (χ2n) is 7.57. The molecular weight excluding hydrogens is 390 g/mol. The quantitative estimate of drug-likeness (QED) is 0.666. The van der Waals surface area contributed by atoms with Gasteiger partial charge in [-0.15, -0.1) is 0 Å². The van der Waals surface area contributed by atoms with E-state index >= 15 is 0 Å². The first-order valence-corrected chi connectivity index (χ1v) is 11.4. The molecule has 1 amide bonds. The lowest BCUT2D eigenvalue weighted by Gasteiger charge is -2.16. The van der Waals surface area contributed by atoms with Crippen LogP contribution in [0.15, 0.2) is 35.5 Å². The van der Waals surface area contributed by atoms with Crippen molar-refractivity contribution < 1.29 is 13.2 Å². The van der Waals surface area contributed by atoms with Gasteiger partial charge in [0.2, 0.25) is 16.0 Å². The molecule has 2 aliphatic carbocycles. The zero-order chi connectivity index (χ0) is 20.4. The number of amides is 1. The number of carbonyl (C=O) groups excluding carboxylic acids is 1. The largest absolute Gasteiger partial charge is 0.357 e. The van der Waals surface area contributed by atoms with Gasteiger partial charge in [0.05, 0.1) is 16.5 Å². The minimum Gasteiger partial charge on any atom is -0.357 e. The SMILES string of the molecule is CNc1ncc(C(=O)N[C@H]2CCc3ccc(S(=O)(=O)NC4CCCC4)cc32)cn1. The molecule has 0 spiro atoms. The molecule has 0 saturated heterocycles. The second kappa shape index (κ2) is 8.08. The Bertz CT molecular complexity index is 1000. The average Bonchev–Trinajstić information content (AvgIpc) is 3.37. The summed E-state index contributed by atoms with van der Waals surface area (Å²) in [6.07, 6.45) is 8.36. The minimum atomic E-state index is -3.57. The third-order valence-corrected chi connectivity index (χ3v) is 7.14. The van der Waals surface area contributed by atoms with Gasteiger partial charge in [-0.1, -0.05) is 18.9 Å². The van der Waals surface area contributed by atoms with Crippen LogP contribution in [-0.4, -0.2) is 37.4 Å². The fourth-order valence-corrected chi connectivity index (χ4v) is 5.38. The topological polar surface area (TPSA) is 113 Å². The number of anilines is 1. The van der Waals surface area contributed by atoms with Gasteiger partial charge < -0.3 is 10.6 Å². The number of hydrogen-bond donors (Lipinski definition) is 3. The molecule has 1 saturated carbocycles. The number of hydrogen-bond acceptors (Lipinski definition) is 6. The van der Waals surface area contributed by atoms with Crippen molar-refractivity contribution in [3.63, 3.8) is 0 Å². The summed E-state index contributed by atoms with van der Waals surface area (Å²) in [5.74, 6) is 0.167. The molecule has 8 nitrogen and oxygen atoms in total. The molecule has 1 atom stereocenters. The van der Waals surface area contributed by atoms with Crippen LogP contribution in [0.2, 0.25) is 0 Å². The Morgan fingerprint density at radius 3 is 2.52 bits per heavy atom. The van der Waals surface area contributed by atoms with Gasteiger partial charge >= 0.3 is 0 Å². The number of aryl methyl sites for hydroxylation is 1. The van der Waals surface area contributed by atoms with E-state index < -0.39 is 10.0 Å². The molecule has 2 aromatic rings. The number of nitrogens with one attached hydrogen (secondary N) is 3. The molecule has 3 N–H and O–H groups in total. The molecule has 1 fully saturated rings. The fraction of sp³-hybridized carbons (Fsp3) is 0.450. The normalized spacial score (nSPS) is 19.1. The summed E-state index contributed by atoms with van der Waals surface area (Å²) in [5, 5.41) is 5.79. The van der Waals surface area contributed by atoms with Crippen LogP contribution >= 0.6 is 0 Å². The zero-order valence-corrected chi connectivity index (χ0v) is 17.1. The number of rotatable bonds is 6. The number of carbonyl (C=O) groups is 1. The van der Waals surface area contributed by atoms with Crippen LogP contribution in [0, 0.1) is 0 Å². The highest BCUT2D eigenvalue weighted by Gasteiger charge is 2.28. The Morgan fingerprint density at radius 2 is 1.83 bits per heavy atom. The van der Waals surface area contributed by atoms with Crippen LogP contribution in [0.3, 0.4) is 0 Å². The Morgan fingerprint density at radius 1 is 1.10 bits per heavy atom. The fourth-order valence-electron chi connectivity index (χ4n) is 4.04. The molecule has 1 aromatic heterocycles. The van der Waals surface area contributed by atoms with E-state index in [9.17, 15) is 13.2 Å². The monoisotopic (exact) mass is 415 g/mol. The molecule has 0 unspecified atom stereocenters. The maximum Gasteiger partial charge on any atom is 0.254 e. The van der Waals surface area contributed by atoms with Gasteiger partial charge in [-0.25, -0.2) is 23.1 Å². The molecule has 154 valence electrons. The Hall–Kier alpha value is -2.52. The van der Waals surface area contributed by atoms with E-state index in [1.165, 1.54) is 12.4 Å². The molecule has 2 aliphatic rings. The Labute approximate surface area is 170 Å². The van der Waals surface area contributed by atoms with Crippen molar-refractivity contribution in [1.29, 1.82) is 0 Å². The van der Waals surface area contributed by atoms with E-state index in [-0.39, 0.29) is 22.9 Å². The lowest BCUT2D eigenvalue weighted by atomic mass is 10.1. The molecule has 9 heteroatoms. The first-order valence-electron chi connectivity index (χ1n) is 9.92. The van der Waals surface area contributed by atoms with Crippen molar-refractivity contribution in [3.05, 3.63) is 47.3 Å². The van der Waals surface area contributed by atoms with E-state index in [4.69, 9.17) is 0 Å². The van der Waals surface area contributed by atoms with Crippen LogP contribution in [-0.2, 0) is 16.4 Å². The summed E-state index contributed by atoms with van der Waals surface area (Å²) in [6.45, 7) is 0. The van der Waals surface area contributed by atoms with Crippen LogP contribution in [0.1, 0.15) is 59.6 Å². The minimum absolute atomic E-state index is 0.0179. The van der Waals surface area contributed by atoms with E-state index in [0.717, 1.165) is 49.7 Å². The molecule has 4 rings (SSSR count). The smallest absolute Gasteiger partial charge is 0.254 e. The predicted octanol–water partition coefficient (Wildman–Crippen LogP) is 2.16. The van der Waals surface area contributed by atoms with Crippen molar-refractivity contribution in [3.8, 4) is 0 Å². The van der Waals surface area contributed by atoms with E-state index in [2.05, 4.69) is 25.3 Å². The predicted molar refractivity (Wildman–Crippen MR) is 109 cm³/mol. The maximum atomic E-state index is 12.8. The van der Waals surface area contributed by atoms with Crippen molar-refractivity contribution in [2.75, 3.05) is 12.4 Å². The van der Waals surface area contributed by atoms with Crippen LogP contribution in [0.5, 0.6) is 0 Å². The van der Waals surface area contributed by atoms with Crippen molar-refractivity contribution in [2.45, 2.75) is 55.5 Å². The first kappa shape index (κ1) is 19.8. The van der Waals surface area contributed by atoms with Gasteiger partial charge in [0.15, 0.2) is 0 Å². The lowest BCUT2D eigenvalue weighted by molar-refractivity contribution is 0.0936. The van der Waals surface area contributed by atoms with Crippen LogP contribution < -0.4 is 15.4 Å². The summed E-state index contributed by atoms with van der Waals surface area (Å²) in [4.78, 5) is 21.0. The average molecular weight is 416 g/mol. The molecule has 0 radical (unpaired) electrons. The molecule has 1 aromatic carbocycles. The third kappa shape index (κ3) is 4.25. The number of fused-ring (bicyclic) bond motifs is 1. The van der Waals surface area contributed by atoms with Gasteiger partial charge in [0, 0.05) is 25.5 Å². The number of benzene rings is 1. The summed E-state index contributed by atoms with van der Waals surface area (Å²) in [5.41, 5.74) is 2.29. The summed E-state index contributed by atoms with van der Waals surface area (Å²) in [7, 11) is -1.86. The van der Waals surface area contributed by atoms with E-state index in [0.29, 0.717) is 11.5 Å². The third-order valence-electron chi connectivity index (χ3n) is 5.63. The Balaban J connectivity index is 1.51. The van der Waals surface area contributed by atoms with Crippen molar-refractivity contribution >= 4 is 21.9 Å². The molecule has 0 aliphatic heterocycles. The highest BCUT2D eigenvalue weighted by molar-refractivity contribution is 7.89. The van der Waals surface area contributed by atoms with Gasteiger partial charge in [0.25, 0.3) is 5.91 Å². The van der Waals surface area contributed by atoms with Crippen LogP contribution in [0.25, 0.3) is 0 Å². The first-order chi connectivity index (χ1) is 14.0. The number of sulfonamides is 1. The maximum absolute atomic E-state index is 12.8. The molecule has 1 heterocycles. The molecule has 0 bridgehead atoms. The molecular formula is C20H25N5O3S. The summed E-state index contributed by atoms with van der Waals surface area (Å²) in [6, 6.07) is 5.00. The van der Waals surface area contributed by atoms with Gasteiger partial charge in [-0.3, -0.25) is 4.79 Å². The highest BCUT2D eigenvalue weighted by Crippen LogP contribution is 2.33. The summed E-state index contributed by atoms with van der Waals surface area (Å²) >= 11 is 0. The van der Waals surface area contributed by atoms with Gasteiger partial charge in [0.1, 0.15) is 0 Å². The second-order valence-corrected chi connectivity index (χ2v) is 9.29. The number of nitrogens with zero attached hydrogens (tertiary/aromatic N) is 2. The van der Waals surface area contributed by atoms with E-state index in [1.807, 2.05) is 6.07 Å². The standard InChI is InChI=1S/C20H25N5O3S/c1-21-20-22-11-14(12-23-20)19(26)24-18-9-7-13-6-8-16(10-17(13)18)29(27,28)25-15-4-2-3-5-15/h6,8,10-12,15,18,25H,2-5,7,9H2,1H3,(H,24,26)(H,21,22,23)/t18-/m0/s1. The van der Waals surface area contributed by atoms with E-state index in [1.54, 1.807) is 19.2 Å². The van der Waals surface area contributed by atoms with Crippen molar-refractivity contribution in [2.24, 2.45) is 0 Å². The zero-order valence-electron chi connectivity index (χ0n) is 16.3. The molecule has 29 heavy (non-hydrogen) atoms. The van der Waals surface area contributed by atoms with Crippen LogP contribution in [0.4, 0.5) is 5.95 Å². The Kier molecular flexibility index (Phi) is 5.51. The van der Waals surface area contributed by atoms with Crippen molar-refractivity contribution in [1.82, 2.24) is 20.0 Å². The van der Waals surface area contributed by atoms with Gasteiger partial charge in [-0.05, 0) is 48.9 Å². The highest BCUT2D eigenvalue weighted by atomic mass is 32.2. The summed E-state index contributed by atoms with van der Waals surface area (Å²) < 4.78 is 28.4. The van der Waals surface area contributed by atoms with Gasteiger partial charge in [-0.2, -0.15) is 0 Å². The lowest BCUT2D eigenvalue weighted by Crippen LogP contribution is -2.33. The number of aromatic nitrogens is 2.